The van der Waals surface area contributed by atoms with Gasteiger partial charge in [-0.15, -0.1) is 0 Å². The molecule has 1 aromatic heterocycles. The molecule has 8 N–H and O–H groups in total. The molecule has 316 valence electrons. The summed E-state index contributed by atoms with van der Waals surface area (Å²) in [6.07, 6.45) is 0. The number of hydrogen-bond donors (Lipinski definition) is 8. The van der Waals surface area contributed by atoms with Gasteiger partial charge in [0.25, 0.3) is 40.5 Å². The van der Waals surface area contributed by atoms with Crippen molar-refractivity contribution in [1.82, 2.24) is 15.0 Å². The molecule has 28 heteroatoms. The lowest BCUT2D eigenvalue weighted by Gasteiger charge is -2.13. The molecule has 1 heterocycles. The number of carboxylic acids is 1. The third-order valence-electron chi connectivity index (χ3n) is 7.80. The zero-order valence-electron chi connectivity index (χ0n) is 30.1. The first-order valence-corrected chi connectivity index (χ1v) is 22.2. The molecule has 6 aromatic rings. The summed E-state index contributed by atoms with van der Waals surface area (Å²) in [6.45, 7) is -0.642. The van der Waals surface area contributed by atoms with E-state index in [0.29, 0.717) is 5.69 Å². The molecule has 0 saturated heterocycles. The van der Waals surface area contributed by atoms with Crippen molar-refractivity contribution >= 4 is 109 Å². The van der Waals surface area contributed by atoms with Crippen LogP contribution in [0.1, 0.15) is 0 Å². The SMILES string of the molecule is O=C(O)CNc1nc(Nc2ccc(N=Nc3cc(S(=O)(=O)O)c4cccc(S(=O)(=O)O)c4c3)cc2)nc(Nc2ccc(N=Nc3ccc(S(=O)(=O)O)cc3)cc2S(=O)(=O)O)n1. The van der Waals surface area contributed by atoms with Crippen molar-refractivity contribution < 1.29 is 61.8 Å². The van der Waals surface area contributed by atoms with Crippen molar-refractivity contribution in [2.45, 2.75) is 19.6 Å². The van der Waals surface area contributed by atoms with Gasteiger partial charge in [0.2, 0.25) is 17.8 Å². The van der Waals surface area contributed by atoms with Crippen molar-refractivity contribution in [2.75, 3.05) is 22.5 Å². The van der Waals surface area contributed by atoms with Crippen molar-refractivity contribution in [3.05, 3.63) is 97.1 Å². The molecule has 0 atom stereocenters. The van der Waals surface area contributed by atoms with E-state index in [2.05, 4.69) is 51.4 Å². The molecule has 24 nitrogen and oxygen atoms in total. The Hall–Kier alpha value is -6.92. The Kier molecular flexibility index (Phi) is 12.2. The number of anilines is 5. The van der Waals surface area contributed by atoms with E-state index >= 15 is 0 Å². The molecule has 0 saturated carbocycles. The number of nitrogens with zero attached hydrogens (tertiary/aromatic N) is 7. The normalized spacial score (nSPS) is 12.5. The second-order valence-corrected chi connectivity index (χ2v) is 17.7. The lowest BCUT2D eigenvalue weighted by Crippen LogP contribution is -2.16. The zero-order chi connectivity index (χ0) is 44.3. The van der Waals surface area contributed by atoms with Crippen LogP contribution >= 0.6 is 0 Å². The molecule has 0 aliphatic carbocycles. The maximum Gasteiger partial charge on any atom is 0.322 e. The summed E-state index contributed by atoms with van der Waals surface area (Å²) >= 11 is 0. The quantitative estimate of drug-likeness (QED) is 0.0444. The molecule has 0 spiro atoms. The van der Waals surface area contributed by atoms with E-state index in [1.165, 1.54) is 60.7 Å². The van der Waals surface area contributed by atoms with Crippen molar-refractivity contribution in [3.63, 3.8) is 0 Å². The van der Waals surface area contributed by atoms with E-state index in [1.807, 2.05) is 0 Å². The maximum absolute atomic E-state index is 12.4. The fourth-order valence-corrected chi connectivity index (χ4v) is 7.76. The van der Waals surface area contributed by atoms with Crippen LogP contribution in [0.5, 0.6) is 0 Å². The molecule has 0 aliphatic heterocycles. The number of hydrogen-bond acceptors (Lipinski definition) is 19. The number of benzene rings is 5. The highest BCUT2D eigenvalue weighted by Crippen LogP contribution is 2.34. The summed E-state index contributed by atoms with van der Waals surface area (Å²) < 4.78 is 134. The van der Waals surface area contributed by atoms with Crippen molar-refractivity contribution in [2.24, 2.45) is 20.5 Å². The molecule has 61 heavy (non-hydrogen) atoms. The van der Waals surface area contributed by atoms with Crippen LogP contribution in [0.4, 0.5) is 52.0 Å². The standard InChI is InChI=1S/C33H26N10O14S4/c44-30(45)17-34-31-37-32(39-33(38-31)36-26-13-10-21(15-29(26)61(55,56)57)42-40-20-8-11-23(12-9-20)58(46,47)48)35-18-4-6-19(7-5-18)41-43-22-14-25-24(28(16-22)60(52,53)54)2-1-3-27(25)59(49,50)51/h1-16H,17H2,(H,44,45)(H,46,47,48)(H,49,50,51)(H,52,53,54)(H,55,56,57)(H3,34,35,36,37,38,39). The predicted molar refractivity (Wildman–Crippen MR) is 213 cm³/mol. The second-order valence-electron chi connectivity index (χ2n) is 12.1. The van der Waals surface area contributed by atoms with E-state index in [0.717, 1.165) is 36.4 Å². The fraction of sp³-hybridized carbons (Fsp3) is 0.0303. The minimum Gasteiger partial charge on any atom is -0.480 e. The summed E-state index contributed by atoms with van der Waals surface area (Å²) in [5.74, 6) is -2.12. The highest BCUT2D eigenvalue weighted by atomic mass is 32.2. The van der Waals surface area contributed by atoms with Gasteiger partial charge in [0.05, 0.1) is 33.3 Å². The minimum absolute atomic E-state index is 0.0757. The highest BCUT2D eigenvalue weighted by molar-refractivity contribution is 7.87. The second kappa shape index (κ2) is 17.0. The van der Waals surface area contributed by atoms with Gasteiger partial charge in [-0.05, 0) is 84.9 Å². The lowest BCUT2D eigenvalue weighted by atomic mass is 10.1. The van der Waals surface area contributed by atoms with Crippen LogP contribution in [0.25, 0.3) is 10.8 Å². The number of rotatable bonds is 15. The zero-order valence-corrected chi connectivity index (χ0v) is 33.4. The van der Waals surface area contributed by atoms with Crippen molar-refractivity contribution in [1.29, 1.82) is 0 Å². The monoisotopic (exact) mass is 914 g/mol. The molecular formula is C33H26N10O14S4. The summed E-state index contributed by atoms with van der Waals surface area (Å²) in [7, 11) is -19.1. The maximum atomic E-state index is 12.4. The van der Waals surface area contributed by atoms with Gasteiger partial charge in [-0.3, -0.25) is 23.0 Å². The Labute approximate surface area is 344 Å². The van der Waals surface area contributed by atoms with Gasteiger partial charge in [0.1, 0.15) is 21.2 Å². The van der Waals surface area contributed by atoms with Crippen molar-refractivity contribution in [3.8, 4) is 0 Å². The lowest BCUT2D eigenvalue weighted by molar-refractivity contribution is -0.134. The van der Waals surface area contributed by atoms with E-state index in [-0.39, 0.29) is 57.1 Å². The van der Waals surface area contributed by atoms with Gasteiger partial charge in [0, 0.05) is 16.5 Å². The largest absolute Gasteiger partial charge is 0.480 e. The van der Waals surface area contributed by atoms with Gasteiger partial charge in [-0.25, -0.2) is 0 Å². The first-order valence-electron chi connectivity index (χ1n) is 16.4. The van der Waals surface area contributed by atoms with Crippen LogP contribution in [0.2, 0.25) is 0 Å². The van der Waals surface area contributed by atoms with Gasteiger partial charge >= 0.3 is 5.97 Å². The summed E-state index contributed by atoms with van der Waals surface area (Å²) in [5.41, 5.74) is 0.0731. The Morgan fingerprint density at radius 2 is 1.02 bits per heavy atom. The number of carbonyl (C=O) groups is 1. The highest BCUT2D eigenvalue weighted by Gasteiger charge is 2.22. The molecule has 0 amide bonds. The number of azo groups is 2. The predicted octanol–water partition coefficient (Wildman–Crippen LogP) is 5.83. The Morgan fingerprint density at radius 3 is 1.59 bits per heavy atom. The Bertz CT molecular complexity index is 3230. The summed E-state index contributed by atoms with van der Waals surface area (Å²) in [6, 6.07) is 19.3. The Morgan fingerprint density at radius 1 is 0.508 bits per heavy atom. The van der Waals surface area contributed by atoms with Gasteiger partial charge in [0.15, 0.2) is 0 Å². The number of aliphatic carboxylic acids is 1. The number of fused-ring (bicyclic) bond motifs is 1. The smallest absolute Gasteiger partial charge is 0.322 e. The first kappa shape index (κ1) is 43.7. The molecule has 0 radical (unpaired) electrons. The molecule has 0 bridgehead atoms. The number of carboxylic acid groups (broad SMARTS) is 1. The van der Waals surface area contributed by atoms with Gasteiger partial charge in [-0.2, -0.15) is 69.1 Å². The third kappa shape index (κ3) is 11.2. The van der Waals surface area contributed by atoms with E-state index in [1.54, 1.807) is 0 Å². The van der Waals surface area contributed by atoms with Crippen LogP contribution in [-0.4, -0.2) is 84.5 Å². The minimum atomic E-state index is -4.95. The van der Waals surface area contributed by atoms with Crippen LogP contribution in [-0.2, 0) is 45.3 Å². The van der Waals surface area contributed by atoms with Gasteiger partial charge < -0.3 is 21.1 Å². The Balaban J connectivity index is 1.25. The van der Waals surface area contributed by atoms with E-state index in [9.17, 15) is 57.2 Å². The van der Waals surface area contributed by atoms with E-state index < -0.39 is 72.6 Å². The van der Waals surface area contributed by atoms with Crippen LogP contribution in [0.3, 0.4) is 0 Å². The molecular weight excluding hydrogens is 889 g/mol. The van der Waals surface area contributed by atoms with Crippen LogP contribution in [0.15, 0.2) is 137 Å². The summed E-state index contributed by atoms with van der Waals surface area (Å²) in [4.78, 5) is 21.2. The average molecular weight is 915 g/mol. The third-order valence-corrected chi connectivity index (χ3v) is 11.4. The van der Waals surface area contributed by atoms with Gasteiger partial charge in [-0.1, -0.05) is 12.1 Å². The molecule has 0 unspecified atom stereocenters. The molecule has 6 rings (SSSR count). The first-order chi connectivity index (χ1) is 28.5. The molecule has 0 aliphatic rings. The number of aromatic nitrogens is 3. The molecule has 5 aromatic carbocycles. The van der Waals surface area contributed by atoms with E-state index in [4.69, 9.17) is 4.55 Å². The molecule has 0 fully saturated rings. The number of nitrogens with one attached hydrogen (secondary N) is 3. The van der Waals surface area contributed by atoms with Crippen LogP contribution < -0.4 is 16.0 Å². The van der Waals surface area contributed by atoms with Crippen LogP contribution in [0, 0.1) is 0 Å². The summed E-state index contributed by atoms with van der Waals surface area (Å²) in [5, 5.41) is 32.4. The average Bonchev–Trinajstić information content (AvgIpc) is 3.17. The fourth-order valence-electron chi connectivity index (χ4n) is 5.19. The topological polar surface area (TPSA) is 379 Å².